The molecule has 2 N–H and O–H groups in total. The quantitative estimate of drug-likeness (QED) is 0.593. The third kappa shape index (κ3) is 4.04. The lowest BCUT2D eigenvalue weighted by Crippen LogP contribution is -2.24. The molecule has 176 valence electrons. The first-order valence-corrected chi connectivity index (χ1v) is 10.7. The summed E-state index contributed by atoms with van der Waals surface area (Å²) < 4.78 is 19.3. The minimum Gasteiger partial charge on any atom is -0.493 e. The number of methoxy groups -OCH3 is 3. The number of anilines is 3. The van der Waals surface area contributed by atoms with Crippen LogP contribution in [0, 0.1) is 0 Å². The summed E-state index contributed by atoms with van der Waals surface area (Å²) in [5.74, 6) is 1.31. The summed E-state index contributed by atoms with van der Waals surface area (Å²) in [7, 11) is 8.03. The smallest absolute Gasteiger partial charge is 0.328 e. The molecule has 2 heterocycles. The van der Waals surface area contributed by atoms with E-state index in [1.807, 2.05) is 12.1 Å². The van der Waals surface area contributed by atoms with Crippen LogP contribution in [-0.4, -0.2) is 49.6 Å². The fourth-order valence-corrected chi connectivity index (χ4v) is 4.29. The van der Waals surface area contributed by atoms with Gasteiger partial charge in [0.1, 0.15) is 0 Å². The van der Waals surface area contributed by atoms with Gasteiger partial charge in [-0.25, -0.2) is 9.59 Å². The van der Waals surface area contributed by atoms with Crippen molar-refractivity contribution in [1.29, 1.82) is 0 Å². The molecule has 1 aliphatic rings. The zero-order valence-electron chi connectivity index (χ0n) is 19.5. The number of carbonyl (C=O) groups excluding carboxylic acids is 1. The maximum atomic E-state index is 13.0. The van der Waals surface area contributed by atoms with Crippen molar-refractivity contribution in [2.75, 3.05) is 50.0 Å². The van der Waals surface area contributed by atoms with Gasteiger partial charge in [-0.05, 0) is 25.0 Å². The molecule has 0 aliphatic carbocycles. The first-order valence-electron chi connectivity index (χ1n) is 10.7. The van der Waals surface area contributed by atoms with Gasteiger partial charge in [-0.2, -0.15) is 0 Å². The van der Waals surface area contributed by atoms with E-state index in [0.717, 1.165) is 42.7 Å². The fourth-order valence-electron chi connectivity index (χ4n) is 4.29. The maximum absolute atomic E-state index is 13.0. The van der Waals surface area contributed by atoms with Crippen molar-refractivity contribution >= 4 is 34.1 Å². The first-order chi connectivity index (χ1) is 15.9. The molecule has 0 spiro atoms. The zero-order chi connectivity index (χ0) is 23.7. The Morgan fingerprint density at radius 2 is 1.42 bits per heavy atom. The second kappa shape index (κ2) is 8.97. The van der Waals surface area contributed by atoms with E-state index >= 15 is 0 Å². The van der Waals surface area contributed by atoms with Crippen LogP contribution in [0.2, 0.25) is 0 Å². The Hall–Kier alpha value is -3.82. The fraction of sp³-hybridized carbons (Fsp3) is 0.391. The van der Waals surface area contributed by atoms with Crippen LogP contribution in [0.1, 0.15) is 12.8 Å². The predicted molar refractivity (Wildman–Crippen MR) is 128 cm³/mol. The van der Waals surface area contributed by atoms with Gasteiger partial charge in [0.15, 0.2) is 11.5 Å². The van der Waals surface area contributed by atoms with E-state index < -0.39 is 6.03 Å². The van der Waals surface area contributed by atoms with Gasteiger partial charge < -0.3 is 29.7 Å². The highest BCUT2D eigenvalue weighted by Crippen LogP contribution is 2.40. The Kier molecular flexibility index (Phi) is 6.08. The normalized spacial score (nSPS) is 13.3. The van der Waals surface area contributed by atoms with Crippen molar-refractivity contribution in [1.82, 2.24) is 9.13 Å². The van der Waals surface area contributed by atoms with Gasteiger partial charge in [-0.3, -0.25) is 9.13 Å². The van der Waals surface area contributed by atoms with E-state index in [-0.39, 0.29) is 5.69 Å². The Balaban J connectivity index is 1.68. The molecule has 1 aliphatic heterocycles. The molecule has 0 saturated carbocycles. The van der Waals surface area contributed by atoms with Crippen LogP contribution in [0.4, 0.5) is 21.9 Å². The highest BCUT2D eigenvalue weighted by molar-refractivity contribution is 6.04. The van der Waals surface area contributed by atoms with E-state index in [1.165, 1.54) is 21.3 Å². The molecule has 1 aromatic heterocycles. The molecule has 0 atom stereocenters. The van der Waals surface area contributed by atoms with Crippen LogP contribution < -0.4 is 35.4 Å². The van der Waals surface area contributed by atoms with E-state index in [1.54, 1.807) is 35.4 Å². The second-order valence-corrected chi connectivity index (χ2v) is 7.95. The Morgan fingerprint density at radius 1 is 0.848 bits per heavy atom. The number of aromatic nitrogens is 2. The molecule has 3 aromatic rings. The van der Waals surface area contributed by atoms with E-state index in [0.29, 0.717) is 28.6 Å². The first kappa shape index (κ1) is 22.4. The van der Waals surface area contributed by atoms with Crippen molar-refractivity contribution in [3.8, 4) is 17.2 Å². The van der Waals surface area contributed by atoms with Crippen molar-refractivity contribution in [3.05, 3.63) is 34.7 Å². The van der Waals surface area contributed by atoms with E-state index in [2.05, 4.69) is 15.5 Å². The van der Waals surface area contributed by atoms with Crippen LogP contribution in [0.5, 0.6) is 17.2 Å². The van der Waals surface area contributed by atoms with E-state index in [9.17, 15) is 9.59 Å². The lowest BCUT2D eigenvalue weighted by atomic mass is 10.2. The summed E-state index contributed by atoms with van der Waals surface area (Å²) >= 11 is 0. The molecule has 0 unspecified atom stereocenters. The summed E-state index contributed by atoms with van der Waals surface area (Å²) in [5, 5.41) is 5.79. The number of hydrogen-bond acceptors (Lipinski definition) is 6. The maximum Gasteiger partial charge on any atom is 0.328 e. The van der Waals surface area contributed by atoms with Gasteiger partial charge in [-0.1, -0.05) is 0 Å². The van der Waals surface area contributed by atoms with Crippen LogP contribution in [0.3, 0.4) is 0 Å². The van der Waals surface area contributed by atoms with Crippen molar-refractivity contribution in [2.45, 2.75) is 12.8 Å². The van der Waals surface area contributed by atoms with Gasteiger partial charge in [-0.15, -0.1) is 0 Å². The third-order valence-electron chi connectivity index (χ3n) is 6.01. The highest BCUT2D eigenvalue weighted by Gasteiger charge is 2.21. The number of nitrogens with one attached hydrogen (secondary N) is 2. The number of benzene rings is 2. The van der Waals surface area contributed by atoms with Crippen molar-refractivity contribution in [2.24, 2.45) is 14.1 Å². The minimum absolute atomic E-state index is 0.114. The molecule has 2 aromatic carbocycles. The number of urea groups is 1. The van der Waals surface area contributed by atoms with Crippen LogP contribution in [0.25, 0.3) is 11.0 Å². The van der Waals surface area contributed by atoms with Gasteiger partial charge >= 0.3 is 11.7 Å². The Bertz CT molecular complexity index is 1230. The second-order valence-electron chi connectivity index (χ2n) is 7.95. The molecule has 10 heteroatoms. The lowest BCUT2D eigenvalue weighted by molar-refractivity contribution is 0.262. The summed E-state index contributed by atoms with van der Waals surface area (Å²) in [6.45, 7) is 1.80. The largest absolute Gasteiger partial charge is 0.493 e. The number of fused-ring (bicyclic) bond motifs is 1. The van der Waals surface area contributed by atoms with Gasteiger partial charge in [0.05, 0.1) is 49.4 Å². The summed E-state index contributed by atoms with van der Waals surface area (Å²) in [6, 6.07) is 6.71. The Labute approximate surface area is 191 Å². The molecule has 10 nitrogen and oxygen atoms in total. The lowest BCUT2D eigenvalue weighted by Gasteiger charge is -2.22. The molecule has 1 saturated heterocycles. The van der Waals surface area contributed by atoms with Crippen molar-refractivity contribution < 1.29 is 19.0 Å². The highest BCUT2D eigenvalue weighted by atomic mass is 16.5. The number of hydrogen-bond donors (Lipinski definition) is 2. The minimum atomic E-state index is -0.426. The number of carbonyl (C=O) groups is 1. The van der Waals surface area contributed by atoms with Crippen LogP contribution in [-0.2, 0) is 14.1 Å². The number of imidazole rings is 1. The SMILES string of the molecule is COc1cc(NC(=O)Nc2cc3c(cc2N2CCCC2)n(C)c(=O)n3C)cc(OC)c1OC. The average molecular weight is 456 g/mol. The Morgan fingerprint density at radius 3 is 1.97 bits per heavy atom. The number of aryl methyl sites for hydroxylation is 2. The zero-order valence-corrected chi connectivity index (χ0v) is 19.5. The monoisotopic (exact) mass is 455 g/mol. The van der Waals surface area contributed by atoms with Crippen LogP contribution >= 0.6 is 0 Å². The topological polar surface area (TPSA) is 99.0 Å². The van der Waals surface area contributed by atoms with E-state index in [4.69, 9.17) is 14.2 Å². The molecule has 2 amide bonds. The number of nitrogens with zero attached hydrogens (tertiary/aromatic N) is 3. The third-order valence-corrected chi connectivity index (χ3v) is 6.01. The summed E-state index contributed by atoms with van der Waals surface area (Å²) in [6.07, 6.45) is 2.17. The molecule has 0 radical (unpaired) electrons. The van der Waals surface area contributed by atoms with Gasteiger partial charge in [0.25, 0.3) is 0 Å². The van der Waals surface area contributed by atoms with Crippen LogP contribution in [0.15, 0.2) is 29.1 Å². The van der Waals surface area contributed by atoms with Crippen molar-refractivity contribution in [3.63, 3.8) is 0 Å². The molecular weight excluding hydrogens is 426 g/mol. The molecular formula is C23H29N5O5. The number of ether oxygens (including phenoxy) is 3. The van der Waals surface area contributed by atoms with Gasteiger partial charge in [0.2, 0.25) is 5.75 Å². The summed E-state index contributed by atoms with van der Waals surface area (Å²) in [5.41, 5.74) is 3.46. The predicted octanol–water partition coefficient (Wildman–Crippen LogP) is 3.15. The standard InChI is InChI=1S/C23H29N5O5/c1-26-17-12-15(16(28-8-6-7-9-28)13-18(17)27(2)23(26)30)25-22(29)24-14-10-19(31-3)21(33-5)20(11-14)32-4/h10-13H,6-9H2,1-5H3,(H2,24,25,29). The number of amides is 2. The average Bonchev–Trinajstić information content (AvgIpc) is 3.42. The molecule has 1 fully saturated rings. The number of rotatable bonds is 6. The van der Waals surface area contributed by atoms with Gasteiger partial charge in [0, 0.05) is 39.3 Å². The summed E-state index contributed by atoms with van der Waals surface area (Å²) in [4.78, 5) is 27.6. The molecule has 0 bridgehead atoms. The molecule has 4 rings (SSSR count). The molecule has 33 heavy (non-hydrogen) atoms.